The fraction of sp³-hybridized carbons (Fsp3) is 0.889. The van der Waals surface area contributed by atoms with Gasteiger partial charge in [-0.3, -0.25) is 0 Å². The van der Waals surface area contributed by atoms with Crippen LogP contribution in [0.5, 0.6) is 0 Å². The quantitative estimate of drug-likeness (QED) is 0.722. The normalized spacial score (nSPS) is 18.8. The largest absolute Gasteiger partial charge is 0.280 e. The molecule has 15 heavy (non-hydrogen) atoms. The summed E-state index contributed by atoms with van der Waals surface area (Å²) in [6.07, 6.45) is 1.89. The van der Waals surface area contributed by atoms with E-state index in [4.69, 9.17) is 5.26 Å². The fourth-order valence-corrected chi connectivity index (χ4v) is 2.85. The molecule has 0 heterocycles. The van der Waals surface area contributed by atoms with E-state index in [9.17, 15) is 8.42 Å². The van der Waals surface area contributed by atoms with Gasteiger partial charge in [0.2, 0.25) is 0 Å². The van der Waals surface area contributed by atoms with Gasteiger partial charge in [0.25, 0.3) is 10.2 Å². The standard InChI is InChI=1S/C9H17N3O2S/c1-3-12(4-2)15(13,14)11-9(7-10)8-5-6-8/h8-9,11H,3-6H2,1-2H3. The molecular formula is C9H17N3O2S. The molecule has 1 aliphatic rings. The van der Waals surface area contributed by atoms with Crippen molar-refractivity contribution in [2.45, 2.75) is 32.7 Å². The van der Waals surface area contributed by atoms with Gasteiger partial charge in [-0.2, -0.15) is 22.7 Å². The van der Waals surface area contributed by atoms with Gasteiger partial charge in [-0.05, 0) is 18.8 Å². The monoisotopic (exact) mass is 231 g/mol. The van der Waals surface area contributed by atoms with Crippen LogP contribution in [0.4, 0.5) is 0 Å². The average Bonchev–Trinajstić information content (AvgIpc) is 2.99. The maximum atomic E-state index is 11.8. The summed E-state index contributed by atoms with van der Waals surface area (Å²) in [6.45, 7) is 4.41. The number of nitriles is 1. The summed E-state index contributed by atoms with van der Waals surface area (Å²) in [7, 11) is -3.48. The molecule has 1 N–H and O–H groups in total. The second kappa shape index (κ2) is 4.92. The van der Waals surface area contributed by atoms with E-state index in [1.807, 2.05) is 6.07 Å². The molecule has 0 saturated heterocycles. The highest BCUT2D eigenvalue weighted by Crippen LogP contribution is 2.32. The molecule has 0 bridgehead atoms. The molecule has 1 aliphatic carbocycles. The molecule has 0 spiro atoms. The van der Waals surface area contributed by atoms with Crippen molar-refractivity contribution < 1.29 is 8.42 Å². The molecule has 1 rings (SSSR count). The van der Waals surface area contributed by atoms with Crippen molar-refractivity contribution in [1.82, 2.24) is 9.03 Å². The number of hydrogen-bond donors (Lipinski definition) is 1. The lowest BCUT2D eigenvalue weighted by molar-refractivity contribution is 0.428. The highest BCUT2D eigenvalue weighted by Gasteiger charge is 2.35. The first-order valence-electron chi connectivity index (χ1n) is 5.22. The van der Waals surface area contributed by atoms with Crippen molar-refractivity contribution in [1.29, 1.82) is 5.26 Å². The van der Waals surface area contributed by atoms with Gasteiger partial charge in [-0.25, -0.2) is 0 Å². The summed E-state index contributed by atoms with van der Waals surface area (Å²) in [5, 5.41) is 8.83. The Morgan fingerprint density at radius 3 is 2.33 bits per heavy atom. The van der Waals surface area contributed by atoms with Crippen LogP contribution in [0.2, 0.25) is 0 Å². The maximum Gasteiger partial charge on any atom is 0.280 e. The predicted octanol–water partition coefficient (Wildman–Crippen LogP) is 0.465. The van der Waals surface area contributed by atoms with E-state index in [0.717, 1.165) is 12.8 Å². The zero-order valence-corrected chi connectivity index (χ0v) is 9.92. The van der Waals surface area contributed by atoms with Gasteiger partial charge in [0.1, 0.15) is 6.04 Å². The molecule has 86 valence electrons. The van der Waals surface area contributed by atoms with Crippen LogP contribution in [0.15, 0.2) is 0 Å². The van der Waals surface area contributed by atoms with Crippen molar-refractivity contribution >= 4 is 10.2 Å². The summed E-state index contributed by atoms with van der Waals surface area (Å²) >= 11 is 0. The van der Waals surface area contributed by atoms with Crippen LogP contribution < -0.4 is 4.72 Å². The Bertz CT molecular complexity index is 339. The van der Waals surface area contributed by atoms with Crippen molar-refractivity contribution in [3.63, 3.8) is 0 Å². The minimum atomic E-state index is -3.48. The van der Waals surface area contributed by atoms with Gasteiger partial charge in [0.05, 0.1) is 6.07 Å². The van der Waals surface area contributed by atoms with Gasteiger partial charge in [0, 0.05) is 13.1 Å². The number of hydrogen-bond acceptors (Lipinski definition) is 3. The number of nitrogens with zero attached hydrogens (tertiary/aromatic N) is 2. The third-order valence-corrected chi connectivity index (χ3v) is 4.30. The molecule has 0 aromatic heterocycles. The van der Waals surface area contributed by atoms with E-state index in [0.29, 0.717) is 13.1 Å². The molecule has 0 aromatic rings. The van der Waals surface area contributed by atoms with Gasteiger partial charge in [-0.15, -0.1) is 0 Å². The van der Waals surface area contributed by atoms with Gasteiger partial charge < -0.3 is 0 Å². The second-order valence-electron chi connectivity index (χ2n) is 3.65. The summed E-state index contributed by atoms with van der Waals surface area (Å²) in [5.41, 5.74) is 0. The SMILES string of the molecule is CCN(CC)S(=O)(=O)NC(C#N)C1CC1. The first-order valence-corrected chi connectivity index (χ1v) is 6.66. The molecule has 0 aliphatic heterocycles. The van der Waals surface area contributed by atoms with E-state index in [2.05, 4.69) is 4.72 Å². The van der Waals surface area contributed by atoms with Crippen molar-refractivity contribution in [2.24, 2.45) is 5.92 Å². The predicted molar refractivity (Wildman–Crippen MR) is 57.1 cm³/mol. The molecule has 5 nitrogen and oxygen atoms in total. The van der Waals surface area contributed by atoms with Gasteiger partial charge in [-0.1, -0.05) is 13.8 Å². The van der Waals surface area contributed by atoms with E-state index in [1.165, 1.54) is 4.31 Å². The zero-order valence-electron chi connectivity index (χ0n) is 9.10. The van der Waals surface area contributed by atoms with E-state index in [-0.39, 0.29) is 5.92 Å². The van der Waals surface area contributed by atoms with Crippen molar-refractivity contribution in [3.05, 3.63) is 0 Å². The first kappa shape index (κ1) is 12.4. The van der Waals surface area contributed by atoms with Gasteiger partial charge >= 0.3 is 0 Å². The Morgan fingerprint density at radius 2 is 2.00 bits per heavy atom. The highest BCUT2D eigenvalue weighted by molar-refractivity contribution is 7.87. The van der Waals surface area contributed by atoms with Crippen molar-refractivity contribution in [3.8, 4) is 6.07 Å². The molecule has 0 aromatic carbocycles. The van der Waals surface area contributed by atoms with Crippen LogP contribution in [0.1, 0.15) is 26.7 Å². The first-order chi connectivity index (χ1) is 7.05. The molecule has 6 heteroatoms. The van der Waals surface area contributed by atoms with E-state index in [1.54, 1.807) is 13.8 Å². The minimum absolute atomic E-state index is 0.209. The molecule has 1 fully saturated rings. The summed E-state index contributed by atoms with van der Waals surface area (Å²) in [5.74, 6) is 0.209. The van der Waals surface area contributed by atoms with Crippen LogP contribution in [-0.4, -0.2) is 31.9 Å². The Morgan fingerprint density at radius 1 is 1.47 bits per heavy atom. The van der Waals surface area contributed by atoms with Crippen molar-refractivity contribution in [2.75, 3.05) is 13.1 Å². The fourth-order valence-electron chi connectivity index (χ4n) is 1.46. The number of rotatable bonds is 6. The lowest BCUT2D eigenvalue weighted by Gasteiger charge is -2.20. The third kappa shape index (κ3) is 3.16. The summed E-state index contributed by atoms with van der Waals surface area (Å²) < 4.78 is 27.3. The molecule has 1 saturated carbocycles. The van der Waals surface area contributed by atoms with Crippen LogP contribution in [0.3, 0.4) is 0 Å². The second-order valence-corrected chi connectivity index (χ2v) is 5.35. The zero-order chi connectivity index (χ0) is 11.5. The third-order valence-electron chi connectivity index (χ3n) is 2.55. The number of nitrogens with one attached hydrogen (secondary N) is 1. The summed E-state index contributed by atoms with van der Waals surface area (Å²) in [6, 6.07) is 1.45. The average molecular weight is 231 g/mol. The molecule has 1 atom stereocenters. The van der Waals surface area contributed by atoms with E-state index >= 15 is 0 Å². The topological polar surface area (TPSA) is 73.2 Å². The highest BCUT2D eigenvalue weighted by atomic mass is 32.2. The van der Waals surface area contributed by atoms with Gasteiger partial charge in [0.15, 0.2) is 0 Å². The van der Waals surface area contributed by atoms with Crippen LogP contribution in [0.25, 0.3) is 0 Å². The lowest BCUT2D eigenvalue weighted by atomic mass is 10.2. The smallest absolute Gasteiger partial charge is 0.197 e. The molecule has 0 radical (unpaired) electrons. The Balaban J connectivity index is 2.65. The van der Waals surface area contributed by atoms with Crippen LogP contribution in [0, 0.1) is 17.2 Å². The minimum Gasteiger partial charge on any atom is -0.197 e. The lowest BCUT2D eigenvalue weighted by Crippen LogP contribution is -2.45. The molecular weight excluding hydrogens is 214 g/mol. The Labute approximate surface area is 91.3 Å². The Kier molecular flexibility index (Phi) is 4.08. The maximum absolute atomic E-state index is 11.8. The molecule has 0 amide bonds. The Hall–Kier alpha value is -0.640. The molecule has 1 unspecified atom stereocenters. The van der Waals surface area contributed by atoms with E-state index < -0.39 is 16.3 Å². The van der Waals surface area contributed by atoms with Crippen LogP contribution in [-0.2, 0) is 10.2 Å². The van der Waals surface area contributed by atoms with Crippen LogP contribution >= 0.6 is 0 Å². The summed E-state index contributed by atoms with van der Waals surface area (Å²) in [4.78, 5) is 0.